The van der Waals surface area contributed by atoms with Crippen molar-refractivity contribution in [3.8, 4) is 0 Å². The lowest BCUT2D eigenvalue weighted by Crippen LogP contribution is -2.49. The fourth-order valence-corrected chi connectivity index (χ4v) is 1.73. The van der Waals surface area contributed by atoms with Crippen LogP contribution in [-0.4, -0.2) is 53.2 Å². The van der Waals surface area contributed by atoms with E-state index >= 15 is 0 Å². The highest BCUT2D eigenvalue weighted by Crippen LogP contribution is 2.08. The highest BCUT2D eigenvalue weighted by Gasteiger charge is 2.21. The molecule has 1 rings (SSSR count). The van der Waals surface area contributed by atoms with E-state index in [1.165, 1.54) is 0 Å². The highest BCUT2D eigenvalue weighted by molar-refractivity contribution is 4.79. The van der Waals surface area contributed by atoms with Gasteiger partial charge in [0, 0.05) is 39.3 Å². The van der Waals surface area contributed by atoms with Gasteiger partial charge in [0.2, 0.25) is 0 Å². The fourth-order valence-electron chi connectivity index (χ4n) is 1.73. The maximum absolute atomic E-state index is 9.63. The molecule has 1 N–H and O–H groups in total. The van der Waals surface area contributed by atoms with E-state index in [0.717, 1.165) is 32.7 Å². The molecule has 0 unspecified atom stereocenters. The Morgan fingerprint density at radius 1 is 1.23 bits per heavy atom. The fraction of sp³-hybridized carbons (Fsp3) is 0.900. The summed E-state index contributed by atoms with van der Waals surface area (Å²) in [5.74, 6) is 0. The van der Waals surface area contributed by atoms with Crippen molar-refractivity contribution >= 4 is 0 Å². The standard InChI is InChI=1S/C10H21N2O/c1-4-11-5-7-12(8-6-11)9-10(2,3)13/h4,13H,5-9H2,1-3H3. The van der Waals surface area contributed by atoms with E-state index in [9.17, 15) is 5.11 Å². The summed E-state index contributed by atoms with van der Waals surface area (Å²) in [6.07, 6.45) is 0. The van der Waals surface area contributed by atoms with Crippen LogP contribution in [0.15, 0.2) is 0 Å². The molecule has 1 aliphatic rings. The molecule has 0 aromatic rings. The van der Waals surface area contributed by atoms with Crippen LogP contribution < -0.4 is 0 Å². The minimum Gasteiger partial charge on any atom is -0.389 e. The number of nitrogens with zero attached hydrogens (tertiary/aromatic N) is 2. The number of hydrogen-bond acceptors (Lipinski definition) is 3. The lowest BCUT2D eigenvalue weighted by Gasteiger charge is -2.36. The molecular formula is C10H21N2O. The molecule has 1 radical (unpaired) electrons. The summed E-state index contributed by atoms with van der Waals surface area (Å²) in [7, 11) is 0. The van der Waals surface area contributed by atoms with Crippen molar-refractivity contribution in [2.45, 2.75) is 26.4 Å². The maximum atomic E-state index is 9.63. The van der Waals surface area contributed by atoms with Gasteiger partial charge in [0.15, 0.2) is 0 Å². The Morgan fingerprint density at radius 2 is 1.77 bits per heavy atom. The molecule has 1 saturated heterocycles. The Hall–Kier alpha value is -0.120. The first-order chi connectivity index (χ1) is 6.01. The molecule has 77 valence electrons. The second kappa shape index (κ2) is 4.40. The van der Waals surface area contributed by atoms with Crippen LogP contribution in [0.4, 0.5) is 0 Å². The molecule has 0 aromatic heterocycles. The van der Waals surface area contributed by atoms with Gasteiger partial charge >= 0.3 is 0 Å². The van der Waals surface area contributed by atoms with Gasteiger partial charge < -0.3 is 5.11 Å². The van der Waals surface area contributed by atoms with Crippen molar-refractivity contribution in [2.24, 2.45) is 0 Å². The Kier molecular flexibility index (Phi) is 3.71. The molecule has 3 heteroatoms. The average molecular weight is 185 g/mol. The minimum absolute atomic E-state index is 0.557. The van der Waals surface area contributed by atoms with Gasteiger partial charge in [-0.25, -0.2) is 0 Å². The molecule has 0 amide bonds. The number of hydrogen-bond donors (Lipinski definition) is 1. The van der Waals surface area contributed by atoms with Crippen LogP contribution in [0.2, 0.25) is 0 Å². The van der Waals surface area contributed by atoms with Crippen molar-refractivity contribution in [2.75, 3.05) is 32.7 Å². The van der Waals surface area contributed by atoms with Crippen LogP contribution in [0, 0.1) is 6.54 Å². The van der Waals surface area contributed by atoms with Gasteiger partial charge in [-0.3, -0.25) is 9.80 Å². The smallest absolute Gasteiger partial charge is 0.0718 e. The van der Waals surface area contributed by atoms with Gasteiger partial charge in [0.25, 0.3) is 0 Å². The molecule has 13 heavy (non-hydrogen) atoms. The minimum atomic E-state index is -0.557. The van der Waals surface area contributed by atoms with Gasteiger partial charge in [0.05, 0.1) is 5.60 Å². The number of β-amino-alcohol motifs (C(OH)–C–C–N with tert-alkyl or cyclic N) is 1. The zero-order chi connectivity index (χ0) is 9.90. The lowest BCUT2D eigenvalue weighted by atomic mass is 10.1. The van der Waals surface area contributed by atoms with Crippen molar-refractivity contribution in [3.63, 3.8) is 0 Å². The topological polar surface area (TPSA) is 26.7 Å². The molecule has 0 spiro atoms. The molecule has 0 saturated carbocycles. The zero-order valence-electron chi connectivity index (χ0n) is 8.95. The monoisotopic (exact) mass is 185 g/mol. The first-order valence-corrected chi connectivity index (χ1v) is 4.99. The second-order valence-corrected chi connectivity index (χ2v) is 4.38. The van der Waals surface area contributed by atoms with Gasteiger partial charge in [-0.15, -0.1) is 0 Å². The predicted octanol–water partition coefficient (Wildman–Crippen LogP) is 0.557. The van der Waals surface area contributed by atoms with E-state index in [4.69, 9.17) is 0 Å². The molecule has 1 fully saturated rings. The Bertz CT molecular complexity index is 145. The van der Waals surface area contributed by atoms with Gasteiger partial charge in [-0.2, -0.15) is 0 Å². The van der Waals surface area contributed by atoms with Crippen LogP contribution in [0.25, 0.3) is 0 Å². The van der Waals surface area contributed by atoms with Crippen LogP contribution >= 0.6 is 0 Å². The van der Waals surface area contributed by atoms with E-state index < -0.39 is 5.60 Å². The quantitative estimate of drug-likeness (QED) is 0.696. The second-order valence-electron chi connectivity index (χ2n) is 4.38. The Labute approximate surface area is 81.3 Å². The van der Waals surface area contributed by atoms with Crippen molar-refractivity contribution < 1.29 is 5.11 Å². The number of aliphatic hydroxyl groups is 1. The summed E-state index contributed by atoms with van der Waals surface area (Å²) in [5, 5.41) is 9.63. The molecule has 1 heterocycles. The molecule has 1 aliphatic heterocycles. The molecule has 0 aliphatic carbocycles. The summed E-state index contributed by atoms with van der Waals surface area (Å²) >= 11 is 0. The zero-order valence-corrected chi connectivity index (χ0v) is 8.95. The largest absolute Gasteiger partial charge is 0.389 e. The first-order valence-electron chi connectivity index (χ1n) is 4.99. The number of piperazine rings is 1. The summed E-state index contributed by atoms with van der Waals surface area (Å²) in [6, 6.07) is 0. The lowest BCUT2D eigenvalue weighted by molar-refractivity contribution is 0.0215. The molecule has 3 nitrogen and oxygen atoms in total. The van der Waals surface area contributed by atoms with Crippen molar-refractivity contribution in [1.29, 1.82) is 0 Å². The molecule has 0 atom stereocenters. The molecule has 0 bridgehead atoms. The third kappa shape index (κ3) is 4.07. The predicted molar refractivity (Wildman–Crippen MR) is 54.3 cm³/mol. The molecular weight excluding hydrogens is 164 g/mol. The van der Waals surface area contributed by atoms with Crippen molar-refractivity contribution in [3.05, 3.63) is 6.54 Å². The summed E-state index contributed by atoms with van der Waals surface area (Å²) < 4.78 is 0. The number of rotatable bonds is 3. The maximum Gasteiger partial charge on any atom is 0.0718 e. The SMILES string of the molecule is C[CH]N1CCN(CC(C)(C)O)CC1. The van der Waals surface area contributed by atoms with Crippen LogP contribution in [-0.2, 0) is 0 Å². The van der Waals surface area contributed by atoms with E-state index in [1.54, 1.807) is 0 Å². The Morgan fingerprint density at radius 3 is 2.15 bits per heavy atom. The third-order valence-electron chi connectivity index (χ3n) is 2.38. The highest BCUT2D eigenvalue weighted by atomic mass is 16.3. The van der Waals surface area contributed by atoms with E-state index in [2.05, 4.69) is 23.3 Å². The summed E-state index contributed by atoms with van der Waals surface area (Å²) in [4.78, 5) is 4.64. The normalized spacial score (nSPS) is 22.2. The van der Waals surface area contributed by atoms with Gasteiger partial charge in [-0.05, 0) is 20.8 Å². The van der Waals surface area contributed by atoms with E-state index in [0.29, 0.717) is 0 Å². The van der Waals surface area contributed by atoms with E-state index in [-0.39, 0.29) is 0 Å². The van der Waals surface area contributed by atoms with Crippen LogP contribution in [0.1, 0.15) is 20.8 Å². The van der Waals surface area contributed by atoms with Gasteiger partial charge in [-0.1, -0.05) is 0 Å². The van der Waals surface area contributed by atoms with Crippen molar-refractivity contribution in [1.82, 2.24) is 9.80 Å². The first kappa shape index (κ1) is 11.0. The van der Waals surface area contributed by atoms with Gasteiger partial charge in [0.1, 0.15) is 0 Å². The third-order valence-corrected chi connectivity index (χ3v) is 2.38. The Balaban J connectivity index is 2.25. The molecule has 0 aromatic carbocycles. The average Bonchev–Trinajstić information content (AvgIpc) is 2.03. The summed E-state index contributed by atoms with van der Waals surface area (Å²) in [5.41, 5.74) is -0.557. The summed E-state index contributed by atoms with van der Waals surface area (Å²) in [6.45, 7) is 13.0. The van der Waals surface area contributed by atoms with Crippen LogP contribution in [0.5, 0.6) is 0 Å². The van der Waals surface area contributed by atoms with E-state index in [1.807, 2.05) is 13.8 Å². The van der Waals surface area contributed by atoms with Crippen LogP contribution in [0.3, 0.4) is 0 Å².